The number of carbonyl (C=O) groups is 6. The molecule has 5 N–H and O–H groups in total. The molecule has 226 valence electrons. The summed E-state index contributed by atoms with van der Waals surface area (Å²) < 4.78 is 5.76. The number of aliphatic carboxylic acids is 3. The molecule has 4 rings (SSSR count). The van der Waals surface area contributed by atoms with E-state index in [9.17, 15) is 39.0 Å². The highest BCUT2D eigenvalue weighted by Gasteiger charge is 2.70. The van der Waals surface area contributed by atoms with Crippen LogP contribution in [0, 0.1) is 28.6 Å². The summed E-state index contributed by atoms with van der Waals surface area (Å²) in [6.45, 7) is 3.11. The standard InChI is InChI=1S/C25H32O8.C4H6O4/c1-23-9-7-15(27)11-14(23)3-4-16-17-8-10-25(19(29)13-26,33-21(32)6-5-20(30)31)24(17,2)12-18(28)22(16)23;5-3(6)1-2-4(7)8/h7,9,11,16-18,22,26,28H,3-6,8,10,12-13H2,1-2H3,(H,30,31);1-2H2,(H,5,6)(H,7,8)/t16-,17-,18-,22+,23-,24-,25-;/m0./s1. The zero-order valence-corrected chi connectivity index (χ0v) is 23.2. The van der Waals surface area contributed by atoms with E-state index >= 15 is 0 Å². The van der Waals surface area contributed by atoms with Gasteiger partial charge in [-0.15, -0.1) is 0 Å². The molecule has 41 heavy (non-hydrogen) atoms. The van der Waals surface area contributed by atoms with Crippen LogP contribution in [-0.4, -0.2) is 79.3 Å². The number of carbonyl (C=O) groups excluding carboxylic acids is 3. The Hall–Kier alpha value is -3.38. The molecule has 0 radical (unpaired) electrons. The first-order chi connectivity index (χ1) is 19.1. The van der Waals surface area contributed by atoms with E-state index in [1.165, 1.54) is 0 Å². The average molecular weight is 579 g/mol. The predicted octanol–water partition coefficient (Wildman–Crippen LogP) is 1.91. The lowest BCUT2D eigenvalue weighted by Gasteiger charge is -2.59. The lowest BCUT2D eigenvalue weighted by Crippen LogP contribution is -2.63. The third-order valence-corrected chi connectivity index (χ3v) is 9.59. The number of allylic oxidation sites excluding steroid dienone is 4. The van der Waals surface area contributed by atoms with E-state index in [0.29, 0.717) is 12.8 Å². The van der Waals surface area contributed by atoms with Gasteiger partial charge in [0.05, 0.1) is 31.8 Å². The second kappa shape index (κ2) is 12.2. The predicted molar refractivity (Wildman–Crippen MR) is 140 cm³/mol. The maximum atomic E-state index is 13.1. The topological polar surface area (TPSA) is 213 Å². The number of ketones is 2. The Labute approximate surface area is 237 Å². The highest BCUT2D eigenvalue weighted by atomic mass is 16.6. The van der Waals surface area contributed by atoms with Crippen molar-refractivity contribution in [2.24, 2.45) is 28.6 Å². The van der Waals surface area contributed by atoms with Gasteiger partial charge in [-0.25, -0.2) is 0 Å². The summed E-state index contributed by atoms with van der Waals surface area (Å²) in [7, 11) is 0. The summed E-state index contributed by atoms with van der Waals surface area (Å²) >= 11 is 0. The first-order valence-corrected chi connectivity index (χ1v) is 13.7. The molecule has 0 bridgehead atoms. The third kappa shape index (κ3) is 6.13. The van der Waals surface area contributed by atoms with Gasteiger partial charge in [-0.1, -0.05) is 25.5 Å². The van der Waals surface area contributed by atoms with Gasteiger partial charge in [0.2, 0.25) is 5.78 Å². The third-order valence-electron chi connectivity index (χ3n) is 9.59. The number of hydrogen-bond donors (Lipinski definition) is 5. The van der Waals surface area contributed by atoms with Crippen molar-refractivity contribution >= 4 is 35.4 Å². The molecule has 12 nitrogen and oxygen atoms in total. The number of Topliss-reactive ketones (excluding diaryl/α,β-unsaturated/α-hetero) is 1. The lowest BCUT2D eigenvalue weighted by molar-refractivity contribution is -0.200. The van der Waals surface area contributed by atoms with E-state index in [1.807, 2.05) is 13.0 Å². The van der Waals surface area contributed by atoms with E-state index in [4.69, 9.17) is 20.1 Å². The summed E-state index contributed by atoms with van der Waals surface area (Å²) in [5.41, 5.74) is -1.92. The van der Waals surface area contributed by atoms with Gasteiger partial charge in [0.15, 0.2) is 11.4 Å². The minimum absolute atomic E-state index is 0.0296. The van der Waals surface area contributed by atoms with Gasteiger partial charge in [0.1, 0.15) is 6.61 Å². The fourth-order valence-electron chi connectivity index (χ4n) is 7.79. The zero-order valence-electron chi connectivity index (χ0n) is 23.2. The van der Waals surface area contributed by atoms with Crippen molar-refractivity contribution in [3.05, 3.63) is 23.8 Å². The molecule has 0 saturated heterocycles. The van der Waals surface area contributed by atoms with Crippen LogP contribution in [0.25, 0.3) is 0 Å². The van der Waals surface area contributed by atoms with Gasteiger partial charge in [-0.05, 0) is 56.1 Å². The van der Waals surface area contributed by atoms with E-state index in [-0.39, 0.29) is 55.6 Å². The molecule has 3 saturated carbocycles. The first-order valence-electron chi connectivity index (χ1n) is 13.7. The van der Waals surface area contributed by atoms with Crippen molar-refractivity contribution in [3.63, 3.8) is 0 Å². The Morgan fingerprint density at radius 3 is 2.10 bits per heavy atom. The number of carboxylic acid groups (broad SMARTS) is 3. The number of rotatable bonds is 9. The molecule has 4 aliphatic carbocycles. The normalized spacial score (nSPS) is 35.0. The summed E-state index contributed by atoms with van der Waals surface area (Å²) in [5.74, 6) is -4.85. The van der Waals surface area contributed by atoms with Crippen LogP contribution >= 0.6 is 0 Å². The molecule has 0 unspecified atom stereocenters. The van der Waals surface area contributed by atoms with Gasteiger partial charge >= 0.3 is 23.9 Å². The summed E-state index contributed by atoms with van der Waals surface area (Å²) in [6, 6.07) is 0. The van der Waals surface area contributed by atoms with Crippen molar-refractivity contribution < 1.29 is 59.0 Å². The monoisotopic (exact) mass is 578 g/mol. The number of carboxylic acids is 3. The van der Waals surface area contributed by atoms with Gasteiger partial charge in [-0.3, -0.25) is 28.8 Å². The zero-order chi connectivity index (χ0) is 30.8. The van der Waals surface area contributed by atoms with Crippen LogP contribution in [0.3, 0.4) is 0 Å². The molecule has 0 aromatic heterocycles. The van der Waals surface area contributed by atoms with E-state index in [2.05, 4.69) is 6.92 Å². The molecule has 12 heteroatoms. The Bertz CT molecular complexity index is 1160. The Morgan fingerprint density at radius 2 is 1.54 bits per heavy atom. The van der Waals surface area contributed by atoms with Crippen LogP contribution in [0.15, 0.2) is 23.8 Å². The number of esters is 1. The van der Waals surface area contributed by atoms with E-state index < -0.39 is 65.2 Å². The van der Waals surface area contributed by atoms with E-state index in [0.717, 1.165) is 12.0 Å². The number of ether oxygens (including phenoxy) is 1. The maximum absolute atomic E-state index is 13.1. The maximum Gasteiger partial charge on any atom is 0.307 e. The molecule has 4 aliphatic rings. The fourth-order valence-corrected chi connectivity index (χ4v) is 7.79. The molecule has 0 aliphatic heterocycles. The van der Waals surface area contributed by atoms with Crippen LogP contribution in [-0.2, 0) is 33.5 Å². The molecule has 7 atom stereocenters. The quantitative estimate of drug-likeness (QED) is 0.248. The minimum Gasteiger partial charge on any atom is -0.481 e. The molecule has 3 fully saturated rings. The Balaban J connectivity index is 0.000000507. The summed E-state index contributed by atoms with van der Waals surface area (Å²) in [4.78, 5) is 67.8. The van der Waals surface area contributed by atoms with Crippen LogP contribution in [0.2, 0.25) is 0 Å². The second-order valence-electron chi connectivity index (χ2n) is 11.8. The SMILES string of the molecule is C[C@]12C=CC(=O)C=C1CC[C@@H]1[C@@H]2[C@@H](O)C[C@@]2(C)[C@H]1CC[C@]2(OC(=O)CCC(=O)O)C(=O)CO.O=C(O)CCC(=O)O. The smallest absolute Gasteiger partial charge is 0.307 e. The number of aliphatic hydroxyl groups excluding tert-OH is 2. The van der Waals surface area contributed by atoms with Gasteiger partial charge in [0.25, 0.3) is 0 Å². The summed E-state index contributed by atoms with van der Waals surface area (Å²) in [6.07, 6.45) is 5.48. The highest BCUT2D eigenvalue weighted by Crippen LogP contribution is 2.67. The molecule has 0 spiro atoms. The second-order valence-corrected chi connectivity index (χ2v) is 11.8. The summed E-state index contributed by atoms with van der Waals surface area (Å²) in [5, 5.41) is 45.9. The fraction of sp³-hybridized carbons (Fsp3) is 0.655. The minimum atomic E-state index is -1.59. The van der Waals surface area contributed by atoms with Crippen LogP contribution in [0.4, 0.5) is 0 Å². The Morgan fingerprint density at radius 1 is 0.951 bits per heavy atom. The van der Waals surface area contributed by atoms with Crippen LogP contribution in [0.5, 0.6) is 0 Å². The molecule has 0 amide bonds. The number of fused-ring (bicyclic) bond motifs is 5. The van der Waals surface area contributed by atoms with Gasteiger partial charge in [0, 0.05) is 16.7 Å². The van der Waals surface area contributed by atoms with Crippen LogP contribution in [0.1, 0.15) is 71.6 Å². The van der Waals surface area contributed by atoms with Crippen LogP contribution < -0.4 is 0 Å². The molecule has 0 aromatic rings. The van der Waals surface area contributed by atoms with Crippen molar-refractivity contribution in [2.45, 2.75) is 83.3 Å². The van der Waals surface area contributed by atoms with Crippen molar-refractivity contribution in [1.29, 1.82) is 0 Å². The first kappa shape index (κ1) is 32.1. The van der Waals surface area contributed by atoms with E-state index in [1.54, 1.807) is 12.2 Å². The number of aliphatic hydroxyl groups is 2. The van der Waals surface area contributed by atoms with Gasteiger partial charge in [-0.2, -0.15) is 0 Å². The van der Waals surface area contributed by atoms with Crippen molar-refractivity contribution in [2.75, 3.05) is 6.61 Å². The average Bonchev–Trinajstić information content (AvgIpc) is 3.18. The molecule has 0 aromatic carbocycles. The Kier molecular flexibility index (Phi) is 9.59. The lowest BCUT2D eigenvalue weighted by atomic mass is 9.46. The molecular weight excluding hydrogens is 540 g/mol. The number of hydrogen-bond acceptors (Lipinski definition) is 9. The largest absolute Gasteiger partial charge is 0.481 e. The highest BCUT2D eigenvalue weighted by molar-refractivity contribution is 6.01. The van der Waals surface area contributed by atoms with Crippen molar-refractivity contribution in [3.8, 4) is 0 Å². The molecular formula is C29H38O12. The van der Waals surface area contributed by atoms with Crippen molar-refractivity contribution in [1.82, 2.24) is 0 Å². The van der Waals surface area contributed by atoms with Gasteiger partial charge < -0.3 is 30.3 Å². The molecule has 0 heterocycles.